The molecular weight excluding hydrogens is 260 g/mol. The van der Waals surface area contributed by atoms with Crippen LogP contribution >= 0.6 is 0 Å². The summed E-state index contributed by atoms with van der Waals surface area (Å²) in [6.07, 6.45) is 3.58. The maximum atomic E-state index is 6.09. The number of aromatic nitrogens is 2. The molecule has 4 heteroatoms. The van der Waals surface area contributed by atoms with E-state index in [1.165, 1.54) is 29.8 Å². The van der Waals surface area contributed by atoms with Crippen LogP contribution in [0.5, 0.6) is 0 Å². The van der Waals surface area contributed by atoms with Gasteiger partial charge in [0.15, 0.2) is 0 Å². The van der Waals surface area contributed by atoms with Crippen molar-refractivity contribution in [1.82, 2.24) is 14.7 Å². The van der Waals surface area contributed by atoms with Gasteiger partial charge in [0.05, 0.1) is 11.4 Å². The minimum Gasteiger partial charge on any atom is -0.398 e. The number of nitrogens with zero attached hydrogens (tertiary/aromatic N) is 3. The van der Waals surface area contributed by atoms with Crippen LogP contribution in [0.2, 0.25) is 0 Å². The summed E-state index contributed by atoms with van der Waals surface area (Å²) in [7, 11) is 2.04. The summed E-state index contributed by atoms with van der Waals surface area (Å²) >= 11 is 0. The summed E-state index contributed by atoms with van der Waals surface area (Å²) in [5.74, 6) is 0. The van der Waals surface area contributed by atoms with Gasteiger partial charge in [0.25, 0.3) is 0 Å². The van der Waals surface area contributed by atoms with Crippen molar-refractivity contribution in [2.24, 2.45) is 7.05 Å². The molecule has 0 unspecified atom stereocenters. The normalized spacial score (nSPS) is 14.8. The minimum absolute atomic E-state index is 0.699. The Morgan fingerprint density at radius 3 is 2.67 bits per heavy atom. The van der Waals surface area contributed by atoms with Gasteiger partial charge in [-0.3, -0.25) is 9.58 Å². The maximum Gasteiger partial charge on any atom is 0.0625 e. The van der Waals surface area contributed by atoms with Crippen molar-refractivity contribution < 1.29 is 0 Å². The lowest BCUT2D eigenvalue weighted by atomic mass is 10.1. The van der Waals surface area contributed by atoms with Crippen molar-refractivity contribution in [3.63, 3.8) is 0 Å². The third-order valence-electron chi connectivity index (χ3n) is 4.25. The van der Waals surface area contributed by atoms with Crippen LogP contribution in [0, 0.1) is 0 Å². The molecule has 1 heterocycles. The smallest absolute Gasteiger partial charge is 0.0625 e. The van der Waals surface area contributed by atoms with E-state index in [9.17, 15) is 0 Å². The Bertz CT molecular complexity index is 613. The van der Waals surface area contributed by atoms with E-state index in [0.29, 0.717) is 6.04 Å². The second kappa shape index (κ2) is 5.90. The van der Waals surface area contributed by atoms with Gasteiger partial charge in [0.2, 0.25) is 0 Å². The predicted octanol–water partition coefficient (Wildman–Crippen LogP) is 2.73. The summed E-state index contributed by atoms with van der Waals surface area (Å²) in [6.45, 7) is 4.02. The van der Waals surface area contributed by atoms with Gasteiger partial charge in [-0.25, -0.2) is 0 Å². The van der Waals surface area contributed by atoms with Crippen molar-refractivity contribution >= 4 is 5.69 Å². The molecule has 0 aliphatic heterocycles. The fourth-order valence-electron chi connectivity index (χ4n) is 2.75. The summed E-state index contributed by atoms with van der Waals surface area (Å²) < 4.78 is 2.02. The highest BCUT2D eigenvalue weighted by Gasteiger charge is 2.29. The molecule has 1 aliphatic rings. The van der Waals surface area contributed by atoms with Crippen molar-refractivity contribution in [2.75, 3.05) is 5.73 Å². The first-order valence-corrected chi connectivity index (χ1v) is 7.76. The summed E-state index contributed by atoms with van der Waals surface area (Å²) in [4.78, 5) is 2.53. The third kappa shape index (κ3) is 3.27. The lowest BCUT2D eigenvalue weighted by Crippen LogP contribution is -2.26. The van der Waals surface area contributed by atoms with Crippen molar-refractivity contribution in [1.29, 1.82) is 0 Å². The molecule has 0 bridgehead atoms. The number of para-hydroxylation sites is 1. The highest BCUT2D eigenvalue weighted by atomic mass is 15.3. The molecule has 0 radical (unpaired) electrons. The molecule has 0 amide bonds. The molecule has 0 spiro atoms. The van der Waals surface area contributed by atoms with Crippen LogP contribution in [0.1, 0.15) is 36.7 Å². The van der Waals surface area contributed by atoms with Gasteiger partial charge in [-0.2, -0.15) is 5.10 Å². The molecule has 1 aromatic carbocycles. The molecule has 21 heavy (non-hydrogen) atoms. The molecule has 1 aliphatic carbocycles. The van der Waals surface area contributed by atoms with Crippen LogP contribution in [-0.2, 0) is 26.6 Å². The van der Waals surface area contributed by atoms with Crippen LogP contribution in [-0.4, -0.2) is 20.7 Å². The quantitative estimate of drug-likeness (QED) is 0.830. The fourth-order valence-corrected chi connectivity index (χ4v) is 2.75. The zero-order valence-electron chi connectivity index (χ0n) is 12.9. The van der Waals surface area contributed by atoms with E-state index in [0.717, 1.165) is 25.2 Å². The molecule has 0 saturated heterocycles. The summed E-state index contributed by atoms with van der Waals surface area (Å²) in [5, 5.41) is 4.55. The molecule has 0 atom stereocenters. The van der Waals surface area contributed by atoms with Gasteiger partial charge in [0.1, 0.15) is 0 Å². The van der Waals surface area contributed by atoms with E-state index >= 15 is 0 Å². The van der Waals surface area contributed by atoms with Crippen molar-refractivity contribution in [3.8, 4) is 0 Å². The van der Waals surface area contributed by atoms with E-state index < -0.39 is 0 Å². The fraction of sp³-hybridized carbons (Fsp3) is 0.471. The van der Waals surface area contributed by atoms with E-state index in [1.54, 1.807) is 0 Å². The number of nitrogens with two attached hydrogens (primary N) is 1. The highest BCUT2D eigenvalue weighted by molar-refractivity contribution is 5.46. The van der Waals surface area contributed by atoms with E-state index in [4.69, 9.17) is 5.73 Å². The lowest BCUT2D eigenvalue weighted by molar-refractivity contribution is 0.239. The minimum atomic E-state index is 0.699. The summed E-state index contributed by atoms with van der Waals surface area (Å²) in [6, 6.07) is 11.1. The Balaban J connectivity index is 1.76. The van der Waals surface area contributed by atoms with Crippen LogP contribution < -0.4 is 5.73 Å². The zero-order chi connectivity index (χ0) is 14.8. The molecule has 1 aromatic heterocycles. The molecule has 3 rings (SSSR count). The van der Waals surface area contributed by atoms with Crippen LogP contribution in [0.15, 0.2) is 30.3 Å². The molecule has 2 N–H and O–H groups in total. The van der Waals surface area contributed by atoms with Crippen LogP contribution in [0.3, 0.4) is 0 Å². The monoisotopic (exact) mass is 284 g/mol. The number of nitrogen functional groups attached to an aromatic ring is 1. The first-order chi connectivity index (χ1) is 10.2. The topological polar surface area (TPSA) is 47.1 Å². The second-order valence-electron chi connectivity index (χ2n) is 5.94. The molecular formula is C17H24N4. The average molecular weight is 284 g/mol. The Hall–Kier alpha value is -1.81. The van der Waals surface area contributed by atoms with Gasteiger partial charge >= 0.3 is 0 Å². The van der Waals surface area contributed by atoms with Gasteiger partial charge in [-0.05, 0) is 37.0 Å². The largest absolute Gasteiger partial charge is 0.398 e. The van der Waals surface area contributed by atoms with Crippen molar-refractivity contribution in [2.45, 2.75) is 45.3 Å². The number of hydrogen-bond donors (Lipinski definition) is 1. The molecule has 112 valence electrons. The van der Waals surface area contributed by atoms with E-state index in [-0.39, 0.29) is 0 Å². The highest BCUT2D eigenvalue weighted by Crippen LogP contribution is 2.30. The first kappa shape index (κ1) is 14.1. The van der Waals surface area contributed by atoms with Crippen molar-refractivity contribution in [3.05, 3.63) is 47.3 Å². The van der Waals surface area contributed by atoms with E-state index in [2.05, 4.69) is 35.1 Å². The van der Waals surface area contributed by atoms with E-state index in [1.807, 2.05) is 23.9 Å². The number of hydrogen-bond acceptors (Lipinski definition) is 3. The predicted molar refractivity (Wildman–Crippen MR) is 85.7 cm³/mol. The molecule has 1 saturated carbocycles. The van der Waals surface area contributed by atoms with Crippen LogP contribution in [0.25, 0.3) is 0 Å². The average Bonchev–Trinajstić information content (AvgIpc) is 3.26. The molecule has 4 nitrogen and oxygen atoms in total. The van der Waals surface area contributed by atoms with Crippen LogP contribution in [0.4, 0.5) is 5.69 Å². The Morgan fingerprint density at radius 2 is 2.05 bits per heavy atom. The third-order valence-corrected chi connectivity index (χ3v) is 4.25. The van der Waals surface area contributed by atoms with Gasteiger partial charge in [0, 0.05) is 31.9 Å². The van der Waals surface area contributed by atoms with Gasteiger partial charge < -0.3 is 5.73 Å². The number of anilines is 1. The molecule has 1 fully saturated rings. The Morgan fingerprint density at radius 1 is 1.29 bits per heavy atom. The lowest BCUT2D eigenvalue weighted by Gasteiger charge is -2.22. The first-order valence-electron chi connectivity index (χ1n) is 7.76. The summed E-state index contributed by atoms with van der Waals surface area (Å²) in [5.41, 5.74) is 10.7. The number of aryl methyl sites for hydroxylation is 2. The zero-order valence-corrected chi connectivity index (χ0v) is 12.9. The second-order valence-corrected chi connectivity index (χ2v) is 5.94. The SMILES string of the molecule is CCc1cc(CN(Cc2ccccc2N)C2CC2)n(C)n1. The Labute approximate surface area is 126 Å². The Kier molecular flexibility index (Phi) is 3.97. The van der Waals surface area contributed by atoms with Gasteiger partial charge in [-0.1, -0.05) is 25.1 Å². The standard InChI is InChI=1S/C17H24N4/c1-3-14-10-16(20(2)19-14)12-21(15-8-9-15)11-13-6-4-5-7-17(13)18/h4-7,10,15H,3,8-9,11-12,18H2,1-2H3. The number of benzene rings is 1. The number of rotatable bonds is 6. The molecule has 2 aromatic rings. The maximum absolute atomic E-state index is 6.09. The van der Waals surface area contributed by atoms with Gasteiger partial charge in [-0.15, -0.1) is 0 Å².